The van der Waals surface area contributed by atoms with E-state index >= 15 is 0 Å². The summed E-state index contributed by atoms with van der Waals surface area (Å²) in [5.41, 5.74) is 0.714. The number of hydrogen-bond donors (Lipinski definition) is 1. The molecule has 1 saturated heterocycles. The molecule has 4 amide bonds. The molecule has 11 heteroatoms. The van der Waals surface area contributed by atoms with Crippen molar-refractivity contribution < 1.29 is 28.8 Å². The number of nitro groups is 1. The number of rotatable bonds is 8. The number of barbiturate groups is 1. The quantitative estimate of drug-likeness (QED) is 0.176. The largest absolute Gasteiger partial charge is 0.490 e. The van der Waals surface area contributed by atoms with Crippen LogP contribution in [0.1, 0.15) is 18.1 Å². The molecule has 0 spiro atoms. The highest BCUT2D eigenvalue weighted by molar-refractivity contribution is 9.10. The van der Waals surface area contributed by atoms with E-state index < -0.39 is 22.8 Å². The number of halogens is 1. The number of anilines is 1. The monoisotopic (exact) mass is 565 g/mol. The molecular formula is C26H20BrN3O7. The first-order valence-corrected chi connectivity index (χ1v) is 11.9. The summed E-state index contributed by atoms with van der Waals surface area (Å²) in [4.78, 5) is 49.3. The van der Waals surface area contributed by atoms with E-state index in [1.54, 1.807) is 18.2 Å². The van der Waals surface area contributed by atoms with Gasteiger partial charge in [-0.05, 0) is 42.8 Å². The predicted octanol–water partition coefficient (Wildman–Crippen LogP) is 5.00. The lowest BCUT2D eigenvalue weighted by atomic mass is 10.1. The van der Waals surface area contributed by atoms with Crippen LogP contribution < -0.4 is 19.7 Å². The number of nitrogens with zero attached hydrogens (tertiary/aromatic N) is 2. The fraction of sp³-hybridized carbons (Fsp3) is 0.115. The summed E-state index contributed by atoms with van der Waals surface area (Å²) in [6, 6.07) is 16.5. The Kier molecular flexibility index (Phi) is 7.63. The average molecular weight is 566 g/mol. The van der Waals surface area contributed by atoms with Crippen LogP contribution in [0.25, 0.3) is 6.08 Å². The van der Waals surface area contributed by atoms with Crippen LogP contribution in [0.4, 0.5) is 16.2 Å². The molecule has 10 nitrogen and oxygen atoms in total. The number of urea groups is 1. The minimum Gasteiger partial charge on any atom is -0.490 e. The number of imide groups is 2. The molecule has 37 heavy (non-hydrogen) atoms. The summed E-state index contributed by atoms with van der Waals surface area (Å²) >= 11 is 3.48. The van der Waals surface area contributed by atoms with Gasteiger partial charge in [-0.15, -0.1) is 0 Å². The molecule has 0 saturated carbocycles. The predicted molar refractivity (Wildman–Crippen MR) is 138 cm³/mol. The van der Waals surface area contributed by atoms with E-state index in [-0.39, 0.29) is 23.6 Å². The lowest BCUT2D eigenvalue weighted by Crippen LogP contribution is -2.54. The molecule has 1 aliphatic rings. The fourth-order valence-corrected chi connectivity index (χ4v) is 3.98. The van der Waals surface area contributed by atoms with E-state index in [9.17, 15) is 24.5 Å². The Morgan fingerprint density at radius 3 is 2.51 bits per heavy atom. The van der Waals surface area contributed by atoms with Gasteiger partial charge in [0.15, 0.2) is 11.5 Å². The number of benzene rings is 3. The van der Waals surface area contributed by atoms with E-state index in [0.717, 1.165) is 16.1 Å². The fourth-order valence-electron chi connectivity index (χ4n) is 3.58. The summed E-state index contributed by atoms with van der Waals surface area (Å²) in [6.07, 6.45) is 1.31. The molecule has 1 N–H and O–H groups in total. The van der Waals surface area contributed by atoms with E-state index in [0.29, 0.717) is 28.6 Å². The Hall–Kier alpha value is -4.51. The van der Waals surface area contributed by atoms with Crippen LogP contribution in [0.3, 0.4) is 0 Å². The summed E-state index contributed by atoms with van der Waals surface area (Å²) < 4.78 is 12.5. The van der Waals surface area contributed by atoms with Crippen LogP contribution in [0.15, 0.2) is 76.8 Å². The van der Waals surface area contributed by atoms with Crippen LogP contribution in [-0.4, -0.2) is 29.4 Å². The maximum absolute atomic E-state index is 13.1. The van der Waals surface area contributed by atoms with Crippen LogP contribution in [0.5, 0.6) is 11.5 Å². The van der Waals surface area contributed by atoms with E-state index in [2.05, 4.69) is 21.2 Å². The first kappa shape index (κ1) is 25.6. The first-order chi connectivity index (χ1) is 17.8. The molecule has 1 aliphatic heterocycles. The van der Waals surface area contributed by atoms with Crippen molar-refractivity contribution in [3.63, 3.8) is 0 Å². The second-order valence-electron chi connectivity index (χ2n) is 7.75. The van der Waals surface area contributed by atoms with Gasteiger partial charge in [-0.1, -0.05) is 46.3 Å². The third-order valence-corrected chi connectivity index (χ3v) is 6.09. The number of amides is 4. The van der Waals surface area contributed by atoms with Crippen molar-refractivity contribution in [3.05, 3.63) is 98.0 Å². The third-order valence-electron chi connectivity index (χ3n) is 5.32. The van der Waals surface area contributed by atoms with Gasteiger partial charge in [0.1, 0.15) is 12.2 Å². The third kappa shape index (κ3) is 5.67. The highest BCUT2D eigenvalue weighted by Gasteiger charge is 2.37. The number of ether oxygens (including phenoxy) is 2. The average Bonchev–Trinajstić information content (AvgIpc) is 2.87. The molecule has 0 aromatic heterocycles. The minimum absolute atomic E-state index is 0.0408. The van der Waals surface area contributed by atoms with Crippen molar-refractivity contribution in [1.82, 2.24) is 5.32 Å². The number of hydrogen-bond acceptors (Lipinski definition) is 7. The van der Waals surface area contributed by atoms with Crippen molar-refractivity contribution in [3.8, 4) is 11.5 Å². The van der Waals surface area contributed by atoms with Gasteiger partial charge < -0.3 is 9.47 Å². The highest BCUT2D eigenvalue weighted by Crippen LogP contribution is 2.32. The van der Waals surface area contributed by atoms with Gasteiger partial charge in [0, 0.05) is 22.2 Å². The lowest BCUT2D eigenvalue weighted by Gasteiger charge is -2.26. The normalized spacial score (nSPS) is 14.5. The van der Waals surface area contributed by atoms with Gasteiger partial charge in [0.25, 0.3) is 17.5 Å². The molecule has 0 radical (unpaired) electrons. The SMILES string of the molecule is CCOc1cc(/C=C2\C(=O)NC(=O)N(c3cccc([N+](=O)[O-])c3)C2=O)ccc1OCc1ccccc1Br. The molecular weight excluding hydrogens is 546 g/mol. The molecule has 0 unspecified atom stereocenters. The molecule has 1 fully saturated rings. The van der Waals surface area contributed by atoms with Gasteiger partial charge in [-0.25, -0.2) is 9.69 Å². The van der Waals surface area contributed by atoms with Gasteiger partial charge in [0.05, 0.1) is 17.2 Å². The van der Waals surface area contributed by atoms with Crippen LogP contribution >= 0.6 is 15.9 Å². The zero-order chi connectivity index (χ0) is 26.5. The maximum atomic E-state index is 13.1. The van der Waals surface area contributed by atoms with E-state index in [4.69, 9.17) is 9.47 Å². The molecule has 0 bridgehead atoms. The van der Waals surface area contributed by atoms with Crippen LogP contribution in [0, 0.1) is 10.1 Å². The molecule has 3 aromatic carbocycles. The number of nitrogens with one attached hydrogen (secondary N) is 1. The molecule has 3 aromatic rings. The number of nitro benzene ring substituents is 1. The Balaban J connectivity index is 1.63. The van der Waals surface area contributed by atoms with Gasteiger partial charge in [0.2, 0.25) is 0 Å². The van der Waals surface area contributed by atoms with Gasteiger partial charge in [-0.3, -0.25) is 25.0 Å². The number of carbonyl (C=O) groups excluding carboxylic acids is 3. The van der Waals surface area contributed by atoms with Crippen molar-refractivity contribution in [1.29, 1.82) is 0 Å². The van der Waals surface area contributed by atoms with Gasteiger partial charge >= 0.3 is 6.03 Å². The highest BCUT2D eigenvalue weighted by atomic mass is 79.9. The summed E-state index contributed by atoms with van der Waals surface area (Å²) in [5.74, 6) is -0.933. The molecule has 1 heterocycles. The standard InChI is InChI=1S/C26H20BrN3O7/c1-2-36-23-13-16(10-11-22(23)37-15-17-6-3-4-9-21(17)27)12-20-24(31)28-26(33)29(25(20)32)18-7-5-8-19(14-18)30(34)35/h3-14H,2,15H2,1H3,(H,28,31,33)/b20-12+. The Morgan fingerprint density at radius 1 is 1.00 bits per heavy atom. The number of non-ortho nitro benzene ring substituents is 1. The van der Waals surface area contributed by atoms with Crippen LogP contribution in [0.2, 0.25) is 0 Å². The molecule has 188 valence electrons. The Bertz CT molecular complexity index is 1440. The molecule has 4 rings (SSSR count). The topological polar surface area (TPSA) is 128 Å². The maximum Gasteiger partial charge on any atom is 0.335 e. The smallest absolute Gasteiger partial charge is 0.335 e. The summed E-state index contributed by atoms with van der Waals surface area (Å²) in [5, 5.41) is 13.2. The van der Waals surface area contributed by atoms with E-state index in [1.807, 2.05) is 31.2 Å². The summed E-state index contributed by atoms with van der Waals surface area (Å²) in [6.45, 7) is 2.44. The first-order valence-electron chi connectivity index (χ1n) is 11.1. The Labute approximate surface area is 219 Å². The van der Waals surface area contributed by atoms with Gasteiger partial charge in [-0.2, -0.15) is 0 Å². The second-order valence-corrected chi connectivity index (χ2v) is 8.61. The van der Waals surface area contributed by atoms with Crippen molar-refractivity contribution in [2.45, 2.75) is 13.5 Å². The lowest BCUT2D eigenvalue weighted by molar-refractivity contribution is -0.384. The summed E-state index contributed by atoms with van der Waals surface area (Å²) in [7, 11) is 0. The van der Waals surface area contributed by atoms with Crippen molar-refractivity contribution >= 4 is 51.2 Å². The Morgan fingerprint density at radius 2 is 1.78 bits per heavy atom. The number of carbonyl (C=O) groups is 3. The van der Waals surface area contributed by atoms with Crippen LogP contribution in [-0.2, 0) is 16.2 Å². The molecule has 0 aliphatic carbocycles. The molecule has 0 atom stereocenters. The zero-order valence-electron chi connectivity index (χ0n) is 19.5. The van der Waals surface area contributed by atoms with E-state index in [1.165, 1.54) is 24.3 Å². The van der Waals surface area contributed by atoms with Crippen molar-refractivity contribution in [2.75, 3.05) is 11.5 Å². The van der Waals surface area contributed by atoms with Crippen molar-refractivity contribution in [2.24, 2.45) is 0 Å². The zero-order valence-corrected chi connectivity index (χ0v) is 21.1. The second kappa shape index (κ2) is 11.0. The minimum atomic E-state index is -1.00.